The van der Waals surface area contributed by atoms with Gasteiger partial charge in [0.15, 0.2) is 5.82 Å². The van der Waals surface area contributed by atoms with E-state index in [0.29, 0.717) is 30.6 Å². The second-order valence-corrected chi connectivity index (χ2v) is 7.25. The Morgan fingerprint density at radius 3 is 2.44 bits per heavy atom. The van der Waals surface area contributed by atoms with Gasteiger partial charge in [0.05, 0.1) is 11.1 Å². The van der Waals surface area contributed by atoms with Gasteiger partial charge in [-0.1, -0.05) is 10.3 Å². The summed E-state index contributed by atoms with van der Waals surface area (Å²) >= 11 is 0. The van der Waals surface area contributed by atoms with Gasteiger partial charge in [-0.3, -0.25) is 9.69 Å². The maximum atomic E-state index is 13.3. The molecule has 0 aliphatic carbocycles. The van der Waals surface area contributed by atoms with Crippen molar-refractivity contribution >= 4 is 5.91 Å². The van der Waals surface area contributed by atoms with Crippen LogP contribution >= 0.6 is 0 Å². The molecule has 0 bridgehead atoms. The minimum atomic E-state index is -0.709. The van der Waals surface area contributed by atoms with Crippen LogP contribution in [0.15, 0.2) is 9.05 Å². The lowest BCUT2D eigenvalue weighted by Gasteiger charge is -2.40. The molecule has 0 spiro atoms. The molecule has 1 amide bonds. The zero-order chi connectivity index (χ0) is 18.4. The highest BCUT2D eigenvalue weighted by atomic mass is 16.5. The third-order valence-electron chi connectivity index (χ3n) is 4.96. The van der Waals surface area contributed by atoms with Gasteiger partial charge in [-0.2, -0.15) is 4.98 Å². The van der Waals surface area contributed by atoms with E-state index < -0.39 is 5.41 Å². The molecule has 1 saturated heterocycles. The Bertz CT molecular complexity index is 760. The van der Waals surface area contributed by atoms with Crippen molar-refractivity contribution < 1.29 is 13.8 Å². The Morgan fingerprint density at radius 1 is 1.16 bits per heavy atom. The fourth-order valence-electron chi connectivity index (χ4n) is 3.65. The topological polar surface area (TPSA) is 88.5 Å². The van der Waals surface area contributed by atoms with Gasteiger partial charge in [0.1, 0.15) is 11.8 Å². The van der Waals surface area contributed by atoms with Crippen LogP contribution in [0.3, 0.4) is 0 Å². The van der Waals surface area contributed by atoms with E-state index in [2.05, 4.69) is 20.2 Å². The number of nitrogens with zero attached hydrogens (tertiary/aromatic N) is 5. The van der Waals surface area contributed by atoms with Crippen molar-refractivity contribution in [3.8, 4) is 0 Å². The minimum absolute atomic E-state index is 0.0521. The number of aryl methyl sites for hydroxylation is 3. The predicted molar refractivity (Wildman–Crippen MR) is 90.0 cm³/mol. The van der Waals surface area contributed by atoms with Crippen molar-refractivity contribution in [3.05, 3.63) is 28.7 Å². The normalized spacial score (nSPS) is 19.4. The summed E-state index contributed by atoms with van der Waals surface area (Å²) in [7, 11) is 2.01. The molecule has 0 aromatic carbocycles. The average Bonchev–Trinajstić information content (AvgIpc) is 3.13. The first-order chi connectivity index (χ1) is 11.7. The molecule has 0 radical (unpaired) electrons. The van der Waals surface area contributed by atoms with Gasteiger partial charge in [-0.05, 0) is 41.7 Å². The molecule has 3 rings (SSSR count). The SMILES string of the molecule is Cc1noc([C@H]2CN(C(=O)C(C)(C)c3c(C)noc3C)CCN2C)n1. The summed E-state index contributed by atoms with van der Waals surface area (Å²) in [6.45, 7) is 11.3. The van der Waals surface area contributed by atoms with Gasteiger partial charge in [0.25, 0.3) is 0 Å². The first-order valence-corrected chi connectivity index (χ1v) is 8.45. The Hall–Kier alpha value is -2.22. The van der Waals surface area contributed by atoms with Crippen molar-refractivity contribution in [1.82, 2.24) is 25.1 Å². The lowest BCUT2D eigenvalue weighted by atomic mass is 9.81. The van der Waals surface area contributed by atoms with E-state index in [4.69, 9.17) is 9.05 Å². The number of carbonyl (C=O) groups is 1. The number of hydrogen-bond donors (Lipinski definition) is 0. The third kappa shape index (κ3) is 3.06. The highest BCUT2D eigenvalue weighted by Gasteiger charge is 2.41. The van der Waals surface area contributed by atoms with E-state index in [1.807, 2.05) is 39.6 Å². The lowest BCUT2D eigenvalue weighted by molar-refractivity contribution is -0.139. The molecule has 0 N–H and O–H groups in total. The number of amides is 1. The molecule has 8 nitrogen and oxygen atoms in total. The molecule has 0 saturated carbocycles. The lowest BCUT2D eigenvalue weighted by Crippen LogP contribution is -2.53. The van der Waals surface area contributed by atoms with Crippen molar-refractivity contribution in [2.24, 2.45) is 0 Å². The smallest absolute Gasteiger partial charge is 0.245 e. The van der Waals surface area contributed by atoms with E-state index in [1.165, 1.54) is 0 Å². The fraction of sp³-hybridized carbons (Fsp3) is 0.647. The molecule has 0 unspecified atom stereocenters. The van der Waals surface area contributed by atoms with Crippen LogP contribution in [0.25, 0.3) is 0 Å². The zero-order valence-electron chi connectivity index (χ0n) is 15.7. The molecule has 25 heavy (non-hydrogen) atoms. The van der Waals surface area contributed by atoms with Crippen molar-refractivity contribution in [2.75, 3.05) is 26.7 Å². The summed E-state index contributed by atoms with van der Waals surface area (Å²) < 4.78 is 10.6. The quantitative estimate of drug-likeness (QED) is 0.836. The van der Waals surface area contributed by atoms with Gasteiger partial charge in [-0.15, -0.1) is 0 Å². The molecule has 136 valence electrons. The number of piperazine rings is 1. The second kappa shape index (κ2) is 6.25. The number of hydrogen-bond acceptors (Lipinski definition) is 7. The Kier molecular flexibility index (Phi) is 4.40. The molecular formula is C17H25N5O3. The summed E-state index contributed by atoms with van der Waals surface area (Å²) in [6, 6.07) is -0.0978. The highest BCUT2D eigenvalue weighted by molar-refractivity contribution is 5.88. The van der Waals surface area contributed by atoms with Crippen LogP contribution < -0.4 is 0 Å². The van der Waals surface area contributed by atoms with Crippen LogP contribution in [0.2, 0.25) is 0 Å². The second-order valence-electron chi connectivity index (χ2n) is 7.25. The van der Waals surface area contributed by atoms with Crippen molar-refractivity contribution in [2.45, 2.75) is 46.1 Å². The van der Waals surface area contributed by atoms with Crippen LogP contribution in [0, 0.1) is 20.8 Å². The Balaban J connectivity index is 1.84. The summed E-state index contributed by atoms with van der Waals surface area (Å²) in [5.41, 5.74) is 0.912. The summed E-state index contributed by atoms with van der Waals surface area (Å²) in [6.07, 6.45) is 0. The van der Waals surface area contributed by atoms with Crippen LogP contribution in [-0.4, -0.2) is 57.7 Å². The van der Waals surface area contributed by atoms with Crippen LogP contribution in [0.1, 0.15) is 48.6 Å². The van der Waals surface area contributed by atoms with E-state index in [1.54, 1.807) is 6.92 Å². The van der Waals surface area contributed by atoms with Gasteiger partial charge in [0, 0.05) is 25.2 Å². The number of aromatic nitrogens is 3. The molecule has 3 heterocycles. The minimum Gasteiger partial charge on any atom is -0.361 e. The molecule has 1 atom stereocenters. The Labute approximate surface area is 147 Å². The van der Waals surface area contributed by atoms with Crippen molar-refractivity contribution in [1.29, 1.82) is 0 Å². The highest BCUT2D eigenvalue weighted by Crippen LogP contribution is 2.33. The molecule has 8 heteroatoms. The van der Waals surface area contributed by atoms with E-state index >= 15 is 0 Å². The van der Waals surface area contributed by atoms with Crippen LogP contribution in [0.4, 0.5) is 0 Å². The van der Waals surface area contributed by atoms with Gasteiger partial charge >= 0.3 is 0 Å². The fourth-order valence-corrected chi connectivity index (χ4v) is 3.65. The zero-order valence-corrected chi connectivity index (χ0v) is 15.7. The first kappa shape index (κ1) is 17.6. The number of carbonyl (C=O) groups excluding carboxylic acids is 1. The average molecular weight is 347 g/mol. The van der Waals surface area contributed by atoms with Gasteiger partial charge in [-0.25, -0.2) is 0 Å². The number of likely N-dealkylation sites (N-methyl/N-ethyl adjacent to an activating group) is 1. The monoisotopic (exact) mass is 347 g/mol. The molecule has 1 aliphatic heterocycles. The van der Waals surface area contributed by atoms with Crippen LogP contribution in [0.5, 0.6) is 0 Å². The predicted octanol–water partition coefficient (Wildman–Crippen LogP) is 1.78. The van der Waals surface area contributed by atoms with E-state index in [0.717, 1.165) is 17.8 Å². The first-order valence-electron chi connectivity index (χ1n) is 8.45. The maximum Gasteiger partial charge on any atom is 0.245 e. The van der Waals surface area contributed by atoms with E-state index in [-0.39, 0.29) is 11.9 Å². The summed E-state index contributed by atoms with van der Waals surface area (Å²) in [5, 5.41) is 7.87. The van der Waals surface area contributed by atoms with Crippen LogP contribution in [-0.2, 0) is 10.2 Å². The third-order valence-corrected chi connectivity index (χ3v) is 4.96. The van der Waals surface area contributed by atoms with Gasteiger partial charge in [0.2, 0.25) is 11.8 Å². The maximum absolute atomic E-state index is 13.3. The number of rotatable bonds is 3. The van der Waals surface area contributed by atoms with Gasteiger partial charge < -0.3 is 13.9 Å². The molecule has 2 aromatic heterocycles. The molecule has 1 fully saturated rings. The standard InChI is InChI=1S/C17H25N5O3/c1-10-14(11(2)24-19-10)17(4,5)16(23)22-8-7-21(6)13(9-22)15-18-12(3)20-25-15/h13H,7-9H2,1-6H3/t13-/m1/s1. The summed E-state index contributed by atoms with van der Waals surface area (Å²) in [5.74, 6) is 1.89. The molecule has 2 aromatic rings. The summed E-state index contributed by atoms with van der Waals surface area (Å²) in [4.78, 5) is 21.6. The van der Waals surface area contributed by atoms with E-state index in [9.17, 15) is 4.79 Å². The Morgan fingerprint density at radius 2 is 1.88 bits per heavy atom. The largest absolute Gasteiger partial charge is 0.361 e. The molecular weight excluding hydrogens is 322 g/mol. The van der Waals surface area contributed by atoms with Crippen molar-refractivity contribution in [3.63, 3.8) is 0 Å². The molecule has 1 aliphatic rings.